The summed E-state index contributed by atoms with van der Waals surface area (Å²) in [6, 6.07) is 12.1. The second-order valence-corrected chi connectivity index (χ2v) is 5.03. The van der Waals surface area contributed by atoms with Crippen LogP contribution < -0.4 is 9.80 Å². The summed E-state index contributed by atoms with van der Waals surface area (Å²) in [6.07, 6.45) is 0. The Morgan fingerprint density at radius 3 is 2.52 bits per heavy atom. The highest BCUT2D eigenvalue weighted by molar-refractivity contribution is 5.89. The maximum Gasteiger partial charge on any atom is 0.338 e. The lowest BCUT2D eigenvalue weighted by Gasteiger charge is -2.37. The number of aromatic carboxylic acids is 1. The quantitative estimate of drug-likeness (QED) is 0.921. The van der Waals surface area contributed by atoms with Crippen molar-refractivity contribution in [1.82, 2.24) is 0 Å². The van der Waals surface area contributed by atoms with Crippen molar-refractivity contribution in [2.45, 2.75) is 0 Å². The van der Waals surface area contributed by atoms with E-state index in [2.05, 4.69) is 4.90 Å². The number of hydrogen-bond donors (Lipinski definition) is 1. The Morgan fingerprint density at radius 1 is 1.14 bits per heavy atom. The standard InChI is InChI=1S/C16H15FN2O2/c1-18-8-9-19(15-5-3-2-4-14(15)18)11-6-7-12(16(20)21)13(17)10-11/h2-7,10H,8-9H2,1H3,(H,20,21). The minimum atomic E-state index is -1.25. The molecule has 108 valence electrons. The zero-order valence-corrected chi connectivity index (χ0v) is 11.6. The van der Waals surface area contributed by atoms with E-state index >= 15 is 0 Å². The molecule has 4 nitrogen and oxygen atoms in total. The Hall–Kier alpha value is -2.56. The van der Waals surface area contributed by atoms with Crippen LogP contribution in [0.25, 0.3) is 0 Å². The molecule has 21 heavy (non-hydrogen) atoms. The van der Waals surface area contributed by atoms with Gasteiger partial charge in [-0.1, -0.05) is 12.1 Å². The van der Waals surface area contributed by atoms with Gasteiger partial charge in [0.15, 0.2) is 0 Å². The average molecular weight is 286 g/mol. The smallest absolute Gasteiger partial charge is 0.338 e. The highest BCUT2D eigenvalue weighted by Crippen LogP contribution is 2.37. The normalized spacial score (nSPS) is 14.0. The van der Waals surface area contributed by atoms with Crippen LogP contribution >= 0.6 is 0 Å². The number of hydrogen-bond acceptors (Lipinski definition) is 3. The van der Waals surface area contributed by atoms with Crippen molar-refractivity contribution >= 4 is 23.0 Å². The maximum atomic E-state index is 13.9. The van der Waals surface area contributed by atoms with Gasteiger partial charge in [0.05, 0.1) is 16.9 Å². The summed E-state index contributed by atoms with van der Waals surface area (Å²) in [5, 5.41) is 8.90. The topological polar surface area (TPSA) is 43.8 Å². The largest absolute Gasteiger partial charge is 0.478 e. The third-order valence-electron chi connectivity index (χ3n) is 3.74. The van der Waals surface area contributed by atoms with Crippen molar-refractivity contribution in [3.63, 3.8) is 0 Å². The molecule has 1 heterocycles. The van der Waals surface area contributed by atoms with Crippen LogP contribution in [-0.2, 0) is 0 Å². The van der Waals surface area contributed by atoms with Gasteiger partial charge in [0.1, 0.15) is 5.82 Å². The SMILES string of the molecule is CN1CCN(c2ccc(C(=O)O)c(F)c2)c2ccccc21. The first-order valence-electron chi connectivity index (χ1n) is 6.68. The van der Waals surface area contributed by atoms with E-state index in [9.17, 15) is 9.18 Å². The fourth-order valence-electron chi connectivity index (χ4n) is 2.62. The molecule has 0 aliphatic carbocycles. The number of benzene rings is 2. The number of carboxylic acid groups (broad SMARTS) is 1. The summed E-state index contributed by atoms with van der Waals surface area (Å²) < 4.78 is 13.9. The second kappa shape index (κ2) is 5.09. The predicted octanol–water partition coefficient (Wildman–Crippen LogP) is 3.11. The van der Waals surface area contributed by atoms with Crippen molar-refractivity contribution in [2.75, 3.05) is 29.9 Å². The van der Waals surface area contributed by atoms with Crippen LogP contribution in [0.4, 0.5) is 21.5 Å². The van der Waals surface area contributed by atoms with Crippen molar-refractivity contribution in [1.29, 1.82) is 0 Å². The van der Waals surface area contributed by atoms with E-state index in [0.717, 1.165) is 24.5 Å². The number of anilines is 3. The average Bonchev–Trinajstić information content (AvgIpc) is 2.47. The first-order valence-corrected chi connectivity index (χ1v) is 6.68. The van der Waals surface area contributed by atoms with Gasteiger partial charge in [0.25, 0.3) is 0 Å². The van der Waals surface area contributed by atoms with E-state index in [-0.39, 0.29) is 5.56 Å². The number of likely N-dealkylation sites (N-methyl/N-ethyl adjacent to an activating group) is 1. The van der Waals surface area contributed by atoms with Gasteiger partial charge < -0.3 is 14.9 Å². The second-order valence-electron chi connectivity index (χ2n) is 5.03. The molecule has 2 aromatic rings. The fourth-order valence-corrected chi connectivity index (χ4v) is 2.62. The van der Waals surface area contributed by atoms with Crippen LogP contribution in [0.15, 0.2) is 42.5 Å². The van der Waals surface area contributed by atoms with Gasteiger partial charge in [-0.15, -0.1) is 0 Å². The van der Waals surface area contributed by atoms with E-state index in [1.54, 1.807) is 6.07 Å². The molecular weight excluding hydrogens is 271 g/mol. The molecule has 2 aromatic carbocycles. The molecule has 5 heteroatoms. The lowest BCUT2D eigenvalue weighted by Crippen LogP contribution is -2.36. The van der Waals surface area contributed by atoms with Gasteiger partial charge >= 0.3 is 5.97 Å². The number of halogens is 1. The monoisotopic (exact) mass is 286 g/mol. The van der Waals surface area contributed by atoms with Crippen LogP contribution in [0.5, 0.6) is 0 Å². The molecule has 1 aliphatic heterocycles. The molecule has 0 unspecified atom stereocenters. The Kier molecular flexibility index (Phi) is 3.25. The Bertz CT molecular complexity index is 702. The first-order chi connectivity index (χ1) is 10.1. The van der Waals surface area contributed by atoms with Crippen LogP contribution in [0, 0.1) is 5.82 Å². The Balaban J connectivity index is 2.04. The molecule has 3 rings (SSSR count). The number of nitrogens with zero attached hydrogens (tertiary/aromatic N) is 2. The molecule has 0 saturated heterocycles. The molecule has 0 radical (unpaired) electrons. The van der Waals surface area contributed by atoms with Crippen LogP contribution in [0.2, 0.25) is 0 Å². The summed E-state index contributed by atoms with van der Waals surface area (Å²) in [5.74, 6) is -1.96. The molecule has 0 fully saturated rings. The number of rotatable bonds is 2. The molecule has 0 aromatic heterocycles. The van der Waals surface area contributed by atoms with Crippen molar-refractivity contribution in [2.24, 2.45) is 0 Å². The maximum absolute atomic E-state index is 13.9. The minimum Gasteiger partial charge on any atom is -0.478 e. The molecule has 0 bridgehead atoms. The Labute approximate surface area is 122 Å². The lowest BCUT2D eigenvalue weighted by molar-refractivity contribution is 0.0692. The summed E-state index contributed by atoms with van der Waals surface area (Å²) in [7, 11) is 2.02. The summed E-state index contributed by atoms with van der Waals surface area (Å²) in [6.45, 7) is 1.54. The number of carboxylic acids is 1. The fraction of sp³-hybridized carbons (Fsp3) is 0.188. The van der Waals surface area contributed by atoms with Crippen LogP contribution in [-0.4, -0.2) is 31.2 Å². The molecule has 0 amide bonds. The molecule has 0 atom stereocenters. The first kappa shape index (κ1) is 13.4. The van der Waals surface area contributed by atoms with Gasteiger partial charge in [0, 0.05) is 25.8 Å². The summed E-state index contributed by atoms with van der Waals surface area (Å²) >= 11 is 0. The molecule has 0 saturated carbocycles. The van der Waals surface area contributed by atoms with Gasteiger partial charge in [-0.2, -0.15) is 0 Å². The Morgan fingerprint density at radius 2 is 1.86 bits per heavy atom. The van der Waals surface area contributed by atoms with Crippen molar-refractivity contribution in [3.05, 3.63) is 53.8 Å². The van der Waals surface area contributed by atoms with Crippen molar-refractivity contribution in [3.8, 4) is 0 Å². The van der Waals surface area contributed by atoms with E-state index < -0.39 is 11.8 Å². The molecule has 1 aliphatic rings. The van der Waals surface area contributed by atoms with Gasteiger partial charge in [-0.25, -0.2) is 9.18 Å². The van der Waals surface area contributed by atoms with E-state index in [4.69, 9.17) is 5.11 Å². The van der Waals surface area contributed by atoms with Crippen LogP contribution in [0.1, 0.15) is 10.4 Å². The van der Waals surface area contributed by atoms with E-state index in [1.807, 2.05) is 36.2 Å². The van der Waals surface area contributed by atoms with Gasteiger partial charge in [-0.05, 0) is 30.3 Å². The third kappa shape index (κ3) is 2.31. The number of fused-ring (bicyclic) bond motifs is 1. The lowest BCUT2D eigenvalue weighted by atomic mass is 10.1. The molecule has 0 spiro atoms. The zero-order chi connectivity index (χ0) is 15.0. The highest BCUT2D eigenvalue weighted by Gasteiger charge is 2.22. The predicted molar refractivity (Wildman–Crippen MR) is 80.1 cm³/mol. The number of carbonyl (C=O) groups is 1. The van der Waals surface area contributed by atoms with Gasteiger partial charge in [-0.3, -0.25) is 0 Å². The molecule has 1 N–H and O–H groups in total. The number of para-hydroxylation sites is 2. The zero-order valence-electron chi connectivity index (χ0n) is 11.6. The van der Waals surface area contributed by atoms with E-state index in [0.29, 0.717) is 5.69 Å². The molecular formula is C16H15FN2O2. The summed E-state index contributed by atoms with van der Waals surface area (Å²) in [5.41, 5.74) is 2.43. The van der Waals surface area contributed by atoms with Crippen molar-refractivity contribution < 1.29 is 14.3 Å². The summed E-state index contributed by atoms with van der Waals surface area (Å²) in [4.78, 5) is 15.0. The van der Waals surface area contributed by atoms with Crippen LogP contribution in [0.3, 0.4) is 0 Å². The van der Waals surface area contributed by atoms with E-state index in [1.165, 1.54) is 12.1 Å². The van der Waals surface area contributed by atoms with Gasteiger partial charge in [0.2, 0.25) is 0 Å². The highest BCUT2D eigenvalue weighted by atomic mass is 19.1. The minimum absolute atomic E-state index is 0.304. The third-order valence-corrected chi connectivity index (χ3v) is 3.74.